The Bertz CT molecular complexity index is 1670. The number of carbonyl (C=O) groups is 1. The van der Waals surface area contributed by atoms with Crippen LogP contribution < -0.4 is 15.8 Å². The average molecular weight is 643 g/mol. The second-order valence-corrected chi connectivity index (χ2v) is 13.9. The van der Waals surface area contributed by atoms with Gasteiger partial charge in [0.15, 0.2) is 6.23 Å². The number of aliphatic hydroxyl groups excluding tert-OH is 1. The quantitative estimate of drug-likeness (QED) is 0.218. The third kappa shape index (κ3) is 7.15. The number of H-pyrrole nitrogens is 1. The van der Waals surface area contributed by atoms with E-state index in [0.29, 0.717) is 18.8 Å². The number of nitrogens with zero attached hydrogens (tertiary/aromatic N) is 1. The van der Waals surface area contributed by atoms with Crippen LogP contribution in [0.2, 0.25) is 0 Å². The average Bonchev–Trinajstić information content (AvgIpc) is 3.27. The molecule has 0 aliphatic carbocycles. The maximum atomic E-state index is 14.5. The lowest BCUT2D eigenvalue weighted by molar-refractivity contribution is -0.227. The van der Waals surface area contributed by atoms with Crippen molar-refractivity contribution in [3.63, 3.8) is 0 Å². The Morgan fingerprint density at radius 2 is 1.89 bits per heavy atom. The predicted molar refractivity (Wildman–Crippen MR) is 164 cm³/mol. The standard InChI is InChI=1S/C32H39N2O10P/c1-20(2)24-11-10-21(3)16-25(24)44-45(39,19-22(4)29(37)40-17-23-8-6-5-7-9-23)42-18-26-28(36)32(13-15-41-32)30(43-26)34-14-12-27(35)33-31(34)38/h5-12,14,16,20,22,26,28,30,36H,13,15,17-19H2,1-4H3,(H,33,35,38)/t22-,26-,28-,30-,32-,45?/m1/s1. The number of aryl methyl sites for hydroxylation is 1. The first-order chi connectivity index (χ1) is 21.4. The Morgan fingerprint density at radius 3 is 2.53 bits per heavy atom. The summed E-state index contributed by atoms with van der Waals surface area (Å²) in [5.74, 6) is -1.04. The van der Waals surface area contributed by atoms with Gasteiger partial charge in [-0.3, -0.25) is 23.7 Å². The molecule has 2 fully saturated rings. The largest absolute Gasteiger partial charge is 0.461 e. The van der Waals surface area contributed by atoms with Gasteiger partial charge in [0.25, 0.3) is 5.56 Å². The van der Waals surface area contributed by atoms with E-state index in [4.69, 9.17) is 23.3 Å². The lowest BCUT2D eigenvalue weighted by Crippen LogP contribution is -2.57. The van der Waals surface area contributed by atoms with Crippen LogP contribution in [0.15, 0.2) is 70.4 Å². The molecule has 1 aromatic heterocycles. The van der Waals surface area contributed by atoms with E-state index in [1.165, 1.54) is 12.3 Å². The second-order valence-electron chi connectivity index (χ2n) is 11.9. The van der Waals surface area contributed by atoms with Crippen LogP contribution in [0, 0.1) is 12.8 Å². The van der Waals surface area contributed by atoms with Gasteiger partial charge in [0, 0.05) is 18.7 Å². The van der Waals surface area contributed by atoms with Crippen LogP contribution in [-0.2, 0) is 34.7 Å². The molecule has 2 N–H and O–H groups in total. The molecule has 0 bridgehead atoms. The number of esters is 1. The summed E-state index contributed by atoms with van der Waals surface area (Å²) < 4.78 is 45.1. The van der Waals surface area contributed by atoms with Crippen LogP contribution in [-0.4, -0.2) is 57.8 Å². The molecule has 5 rings (SSSR count). The minimum atomic E-state index is -4.10. The van der Waals surface area contributed by atoms with Crippen molar-refractivity contribution in [1.29, 1.82) is 0 Å². The molecule has 0 radical (unpaired) electrons. The van der Waals surface area contributed by atoms with Crippen LogP contribution in [0.4, 0.5) is 0 Å². The number of hydrogen-bond acceptors (Lipinski definition) is 10. The molecule has 2 aliphatic heterocycles. The highest BCUT2D eigenvalue weighted by Gasteiger charge is 2.62. The molecule has 6 atom stereocenters. The van der Waals surface area contributed by atoms with Crippen LogP contribution in [0.1, 0.15) is 56.0 Å². The molecule has 45 heavy (non-hydrogen) atoms. The van der Waals surface area contributed by atoms with Gasteiger partial charge in [-0.25, -0.2) is 9.36 Å². The normalized spacial score (nSPS) is 24.6. The number of aromatic amines is 1. The zero-order chi connectivity index (χ0) is 32.4. The number of nitrogens with one attached hydrogen (secondary N) is 1. The Morgan fingerprint density at radius 1 is 1.16 bits per heavy atom. The molecular formula is C32H39N2O10P. The summed E-state index contributed by atoms with van der Waals surface area (Å²) in [5.41, 5.74) is -0.0787. The van der Waals surface area contributed by atoms with E-state index >= 15 is 0 Å². The van der Waals surface area contributed by atoms with Crippen LogP contribution in [0.3, 0.4) is 0 Å². The minimum Gasteiger partial charge on any atom is -0.461 e. The highest BCUT2D eigenvalue weighted by Crippen LogP contribution is 2.54. The fourth-order valence-electron chi connectivity index (χ4n) is 5.56. The summed E-state index contributed by atoms with van der Waals surface area (Å²) in [5, 5.41) is 11.3. The molecule has 13 heteroatoms. The van der Waals surface area contributed by atoms with Crippen molar-refractivity contribution >= 4 is 13.6 Å². The van der Waals surface area contributed by atoms with Crippen molar-refractivity contribution in [1.82, 2.24) is 9.55 Å². The summed E-state index contributed by atoms with van der Waals surface area (Å²) >= 11 is 0. The molecule has 242 valence electrons. The fraction of sp³-hybridized carbons (Fsp3) is 0.469. The lowest BCUT2D eigenvalue weighted by Gasteiger charge is -2.44. The number of carbonyl (C=O) groups excluding carboxylic acids is 1. The lowest BCUT2D eigenvalue weighted by atomic mass is 9.86. The zero-order valence-electron chi connectivity index (χ0n) is 25.7. The van der Waals surface area contributed by atoms with Gasteiger partial charge in [-0.05, 0) is 35.6 Å². The number of aromatic nitrogens is 2. The molecule has 2 aromatic carbocycles. The maximum Gasteiger partial charge on any atom is 0.380 e. The monoisotopic (exact) mass is 642 g/mol. The molecular weight excluding hydrogens is 603 g/mol. The SMILES string of the molecule is Cc1ccc(C(C)C)c(OP(=O)(C[C@@H](C)C(=O)OCc2ccccc2)OC[C@H]2O[C@@H](n3ccc(=O)[nH]c3=O)[C@@]3(CCO3)[C@@H]2O)c1. The Kier molecular flexibility index (Phi) is 9.81. The molecule has 1 unspecified atom stereocenters. The molecule has 3 aromatic rings. The molecule has 12 nitrogen and oxygen atoms in total. The molecule has 3 heterocycles. The first-order valence-electron chi connectivity index (χ1n) is 14.9. The van der Waals surface area contributed by atoms with Gasteiger partial charge in [-0.1, -0.05) is 63.2 Å². The summed E-state index contributed by atoms with van der Waals surface area (Å²) in [6, 6.07) is 16.0. The van der Waals surface area contributed by atoms with Crippen LogP contribution >= 0.6 is 7.60 Å². The zero-order valence-corrected chi connectivity index (χ0v) is 26.6. The Labute approximate surface area is 260 Å². The molecule has 2 saturated heterocycles. The third-order valence-electron chi connectivity index (χ3n) is 8.13. The highest BCUT2D eigenvalue weighted by atomic mass is 31.2. The number of benzene rings is 2. The number of hydrogen-bond donors (Lipinski definition) is 2. The van der Waals surface area contributed by atoms with E-state index in [-0.39, 0.29) is 18.7 Å². The van der Waals surface area contributed by atoms with Gasteiger partial charge in [-0.15, -0.1) is 0 Å². The number of ether oxygens (including phenoxy) is 3. The Balaban J connectivity index is 1.37. The van der Waals surface area contributed by atoms with E-state index in [2.05, 4.69) is 4.98 Å². The van der Waals surface area contributed by atoms with E-state index in [0.717, 1.165) is 21.3 Å². The summed E-state index contributed by atoms with van der Waals surface area (Å²) in [6.45, 7) is 7.42. The van der Waals surface area contributed by atoms with Crippen molar-refractivity contribution in [2.24, 2.45) is 5.92 Å². The molecule has 0 amide bonds. The Hall–Kier alpha value is -3.54. The van der Waals surface area contributed by atoms with E-state index in [1.807, 2.05) is 63.2 Å². The van der Waals surface area contributed by atoms with Gasteiger partial charge in [0.2, 0.25) is 0 Å². The maximum absolute atomic E-state index is 14.5. The number of rotatable bonds is 12. The predicted octanol–water partition coefficient (Wildman–Crippen LogP) is 4.05. The molecule has 1 spiro atoms. The van der Waals surface area contributed by atoms with Crippen molar-refractivity contribution in [2.45, 2.75) is 70.7 Å². The first-order valence-corrected chi connectivity index (χ1v) is 16.7. The smallest absolute Gasteiger partial charge is 0.380 e. The van der Waals surface area contributed by atoms with Crippen molar-refractivity contribution in [3.05, 3.63) is 98.3 Å². The molecule has 0 saturated carbocycles. The van der Waals surface area contributed by atoms with Gasteiger partial charge in [0.1, 0.15) is 30.2 Å². The fourth-order valence-corrected chi connectivity index (χ4v) is 7.44. The second kappa shape index (κ2) is 13.4. The van der Waals surface area contributed by atoms with E-state index in [1.54, 1.807) is 13.0 Å². The summed E-state index contributed by atoms with van der Waals surface area (Å²) in [4.78, 5) is 39.4. The van der Waals surface area contributed by atoms with Crippen molar-refractivity contribution < 1.29 is 37.7 Å². The van der Waals surface area contributed by atoms with Gasteiger partial charge >= 0.3 is 19.3 Å². The number of aliphatic hydroxyl groups is 1. The van der Waals surface area contributed by atoms with Crippen molar-refractivity contribution in [2.75, 3.05) is 19.4 Å². The van der Waals surface area contributed by atoms with E-state index < -0.39 is 61.4 Å². The third-order valence-corrected chi connectivity index (χ3v) is 10.1. The van der Waals surface area contributed by atoms with Gasteiger partial charge < -0.3 is 23.8 Å². The summed E-state index contributed by atoms with van der Waals surface area (Å²) in [6.07, 6.45) is -2.07. The van der Waals surface area contributed by atoms with E-state index in [9.17, 15) is 24.1 Å². The first kappa shape index (κ1) is 32.8. The van der Waals surface area contributed by atoms with Crippen LogP contribution in [0.5, 0.6) is 5.75 Å². The molecule has 2 aliphatic rings. The topological polar surface area (TPSA) is 155 Å². The van der Waals surface area contributed by atoms with Gasteiger partial charge in [-0.2, -0.15) is 0 Å². The van der Waals surface area contributed by atoms with Gasteiger partial charge in [0.05, 0.1) is 25.3 Å². The van der Waals surface area contributed by atoms with Crippen molar-refractivity contribution in [3.8, 4) is 5.75 Å². The summed E-state index contributed by atoms with van der Waals surface area (Å²) in [7, 11) is -4.10. The highest BCUT2D eigenvalue weighted by molar-refractivity contribution is 7.54. The van der Waals surface area contributed by atoms with Crippen LogP contribution in [0.25, 0.3) is 0 Å². The minimum absolute atomic E-state index is 0.0364.